The normalized spacial score (nSPS) is 12.5. The van der Waals surface area contributed by atoms with E-state index in [4.69, 9.17) is 0 Å². The molecule has 0 aliphatic heterocycles. The van der Waals surface area contributed by atoms with E-state index in [1.54, 1.807) is 11.6 Å². The molecule has 0 aliphatic rings. The van der Waals surface area contributed by atoms with Gasteiger partial charge in [0.05, 0.1) is 16.2 Å². The van der Waals surface area contributed by atoms with Crippen LogP contribution in [-0.4, -0.2) is 52.3 Å². The third-order valence-corrected chi connectivity index (χ3v) is 5.57. The number of thioether (sulfide) groups is 1. The number of fused-ring (bicyclic) bond motifs is 1. The molecule has 1 amide bonds. The Labute approximate surface area is 159 Å². The minimum Gasteiger partial charge on any atom is -0.358 e. The summed E-state index contributed by atoms with van der Waals surface area (Å²) in [6.45, 7) is 9.62. The van der Waals surface area contributed by atoms with Gasteiger partial charge in [-0.2, -0.15) is 0 Å². The first kappa shape index (κ1) is 20.5. The van der Waals surface area contributed by atoms with Crippen LogP contribution in [0.4, 0.5) is 0 Å². The van der Waals surface area contributed by atoms with Gasteiger partial charge in [0.2, 0.25) is 5.91 Å². The SMILES string of the molecule is CCN(CC)CCCn1c(SC(C)C(=O)NC)nc2ccccc2c1=O. The van der Waals surface area contributed by atoms with Crippen LogP contribution in [0.15, 0.2) is 34.2 Å². The largest absolute Gasteiger partial charge is 0.358 e. The van der Waals surface area contributed by atoms with Crippen LogP contribution in [0, 0.1) is 0 Å². The van der Waals surface area contributed by atoms with E-state index in [1.807, 2.05) is 31.2 Å². The van der Waals surface area contributed by atoms with Crippen LogP contribution in [-0.2, 0) is 11.3 Å². The quantitative estimate of drug-likeness (QED) is 0.537. The summed E-state index contributed by atoms with van der Waals surface area (Å²) >= 11 is 1.33. The van der Waals surface area contributed by atoms with Crippen LogP contribution in [0.1, 0.15) is 27.2 Å². The molecule has 0 saturated carbocycles. The van der Waals surface area contributed by atoms with Crippen molar-refractivity contribution >= 4 is 28.6 Å². The van der Waals surface area contributed by atoms with Crippen molar-refractivity contribution < 1.29 is 4.79 Å². The highest BCUT2D eigenvalue weighted by molar-refractivity contribution is 8.00. The number of amides is 1. The molecule has 0 bridgehead atoms. The fourth-order valence-electron chi connectivity index (χ4n) is 2.84. The molecule has 1 aromatic carbocycles. The minimum absolute atomic E-state index is 0.0400. The van der Waals surface area contributed by atoms with E-state index in [2.05, 4.69) is 29.0 Å². The first-order valence-corrected chi connectivity index (χ1v) is 9.99. The van der Waals surface area contributed by atoms with Crippen molar-refractivity contribution in [3.63, 3.8) is 0 Å². The van der Waals surface area contributed by atoms with Gasteiger partial charge in [-0.05, 0) is 45.1 Å². The summed E-state index contributed by atoms with van der Waals surface area (Å²) in [5.74, 6) is -0.0768. The van der Waals surface area contributed by atoms with Crippen molar-refractivity contribution in [2.24, 2.45) is 0 Å². The molecule has 2 rings (SSSR count). The lowest BCUT2D eigenvalue weighted by Gasteiger charge is -2.19. The topological polar surface area (TPSA) is 67.2 Å². The van der Waals surface area contributed by atoms with Crippen LogP contribution in [0.2, 0.25) is 0 Å². The maximum atomic E-state index is 13.0. The van der Waals surface area contributed by atoms with Gasteiger partial charge in [0, 0.05) is 13.6 Å². The number of para-hydroxylation sites is 1. The van der Waals surface area contributed by atoms with Crippen LogP contribution < -0.4 is 10.9 Å². The highest BCUT2D eigenvalue weighted by Gasteiger charge is 2.18. The lowest BCUT2D eigenvalue weighted by atomic mass is 10.2. The first-order chi connectivity index (χ1) is 12.5. The number of hydrogen-bond donors (Lipinski definition) is 1. The highest BCUT2D eigenvalue weighted by atomic mass is 32.2. The summed E-state index contributed by atoms with van der Waals surface area (Å²) in [6, 6.07) is 7.37. The van der Waals surface area contributed by atoms with Crippen molar-refractivity contribution in [3.8, 4) is 0 Å². The van der Waals surface area contributed by atoms with E-state index >= 15 is 0 Å². The van der Waals surface area contributed by atoms with Crippen LogP contribution in [0.5, 0.6) is 0 Å². The minimum atomic E-state index is -0.318. The van der Waals surface area contributed by atoms with E-state index in [1.165, 1.54) is 11.8 Å². The molecule has 1 N–H and O–H groups in total. The van der Waals surface area contributed by atoms with Crippen molar-refractivity contribution in [1.29, 1.82) is 0 Å². The number of nitrogens with zero attached hydrogens (tertiary/aromatic N) is 3. The van der Waals surface area contributed by atoms with E-state index in [0.29, 0.717) is 22.6 Å². The summed E-state index contributed by atoms with van der Waals surface area (Å²) in [5.41, 5.74) is 0.630. The molecule has 2 aromatic rings. The Bertz CT molecular complexity index is 802. The molecule has 1 aromatic heterocycles. The number of hydrogen-bond acceptors (Lipinski definition) is 5. The second-order valence-electron chi connectivity index (χ2n) is 6.12. The molecule has 0 spiro atoms. The molecule has 6 nitrogen and oxygen atoms in total. The van der Waals surface area contributed by atoms with E-state index < -0.39 is 0 Å². The maximum Gasteiger partial charge on any atom is 0.262 e. The summed E-state index contributed by atoms with van der Waals surface area (Å²) < 4.78 is 1.72. The first-order valence-electron chi connectivity index (χ1n) is 9.12. The van der Waals surface area contributed by atoms with Crippen LogP contribution in [0.25, 0.3) is 10.9 Å². The molecule has 1 heterocycles. The maximum absolute atomic E-state index is 13.0. The highest BCUT2D eigenvalue weighted by Crippen LogP contribution is 2.22. The van der Waals surface area contributed by atoms with Gasteiger partial charge in [-0.3, -0.25) is 14.2 Å². The molecule has 0 fully saturated rings. The third kappa shape index (κ3) is 4.86. The second kappa shape index (κ2) is 9.73. The smallest absolute Gasteiger partial charge is 0.262 e. The third-order valence-electron chi connectivity index (χ3n) is 4.47. The number of rotatable bonds is 9. The van der Waals surface area contributed by atoms with Crippen molar-refractivity contribution in [2.75, 3.05) is 26.7 Å². The Balaban J connectivity index is 2.34. The molecule has 26 heavy (non-hydrogen) atoms. The summed E-state index contributed by atoms with van der Waals surface area (Å²) in [6.07, 6.45) is 0.865. The zero-order chi connectivity index (χ0) is 19.1. The van der Waals surface area contributed by atoms with Gasteiger partial charge in [-0.15, -0.1) is 0 Å². The van der Waals surface area contributed by atoms with Gasteiger partial charge in [-0.25, -0.2) is 4.98 Å². The lowest BCUT2D eigenvalue weighted by molar-refractivity contribution is -0.119. The van der Waals surface area contributed by atoms with Gasteiger partial charge in [-0.1, -0.05) is 37.7 Å². The predicted octanol–water partition coefficient (Wildman–Crippen LogP) is 2.35. The van der Waals surface area contributed by atoms with Gasteiger partial charge >= 0.3 is 0 Å². The Kier molecular flexibility index (Phi) is 7.66. The zero-order valence-electron chi connectivity index (χ0n) is 16.0. The Morgan fingerprint density at radius 3 is 2.65 bits per heavy atom. The second-order valence-corrected chi connectivity index (χ2v) is 7.43. The Hall–Kier alpha value is -1.86. The summed E-state index contributed by atoms with van der Waals surface area (Å²) in [5, 5.41) is 3.55. The number of benzene rings is 1. The molecule has 1 atom stereocenters. The molecular weight excluding hydrogens is 348 g/mol. The van der Waals surface area contributed by atoms with Gasteiger partial charge in [0.25, 0.3) is 5.56 Å². The molecule has 7 heteroatoms. The van der Waals surface area contributed by atoms with Gasteiger partial charge < -0.3 is 10.2 Å². The van der Waals surface area contributed by atoms with Crippen LogP contribution >= 0.6 is 11.8 Å². The summed E-state index contributed by atoms with van der Waals surface area (Å²) in [4.78, 5) is 31.9. The lowest BCUT2D eigenvalue weighted by Crippen LogP contribution is -2.30. The molecule has 142 valence electrons. The summed E-state index contributed by atoms with van der Waals surface area (Å²) in [7, 11) is 1.62. The molecule has 0 aliphatic carbocycles. The van der Waals surface area contributed by atoms with E-state index in [-0.39, 0.29) is 16.7 Å². The van der Waals surface area contributed by atoms with Crippen LogP contribution in [0.3, 0.4) is 0 Å². The predicted molar refractivity (Wildman–Crippen MR) is 108 cm³/mol. The van der Waals surface area contributed by atoms with E-state index in [9.17, 15) is 9.59 Å². The monoisotopic (exact) mass is 376 g/mol. The standard InChI is InChI=1S/C19H28N4O2S/c1-5-22(6-2)12-9-13-23-18(25)15-10-7-8-11-16(15)21-19(23)26-14(3)17(24)20-4/h7-8,10-11,14H,5-6,9,12-13H2,1-4H3,(H,20,24). The van der Waals surface area contributed by atoms with Gasteiger partial charge in [0.15, 0.2) is 5.16 Å². The average molecular weight is 377 g/mol. The van der Waals surface area contributed by atoms with Crippen molar-refractivity contribution in [3.05, 3.63) is 34.6 Å². The molecular formula is C19H28N4O2S. The Morgan fingerprint density at radius 1 is 1.31 bits per heavy atom. The number of carbonyl (C=O) groups is 1. The Morgan fingerprint density at radius 2 is 2.00 bits per heavy atom. The molecule has 1 unspecified atom stereocenters. The van der Waals surface area contributed by atoms with E-state index in [0.717, 1.165) is 26.1 Å². The number of carbonyl (C=O) groups excluding carboxylic acids is 1. The fraction of sp³-hybridized carbons (Fsp3) is 0.526. The van der Waals surface area contributed by atoms with Gasteiger partial charge in [0.1, 0.15) is 0 Å². The molecule has 0 radical (unpaired) electrons. The fourth-order valence-corrected chi connectivity index (χ4v) is 3.84. The van der Waals surface area contributed by atoms with Crippen molar-refractivity contribution in [2.45, 2.75) is 44.1 Å². The van der Waals surface area contributed by atoms with Crippen molar-refractivity contribution in [1.82, 2.24) is 19.8 Å². The zero-order valence-corrected chi connectivity index (χ0v) is 16.8. The number of aromatic nitrogens is 2. The average Bonchev–Trinajstić information content (AvgIpc) is 2.66. The molecule has 0 saturated heterocycles. The number of nitrogens with one attached hydrogen (secondary N) is 1.